The van der Waals surface area contributed by atoms with Crippen LogP contribution in [0.1, 0.15) is 36.0 Å². The minimum Gasteiger partial charge on any atom is -0.484 e. The molecule has 198 valence electrons. The lowest BCUT2D eigenvalue weighted by Gasteiger charge is -2.74. The predicted octanol–water partition coefficient (Wildman–Crippen LogP) is 4.85. The van der Waals surface area contributed by atoms with Gasteiger partial charge in [0.1, 0.15) is 23.7 Å². The van der Waals surface area contributed by atoms with Crippen molar-refractivity contribution in [3.63, 3.8) is 0 Å². The molecule has 2 bridgehead atoms. The molecule has 0 amide bonds. The molecular formula is C24H21F7N4O2. The largest absolute Gasteiger partial charge is 0.484 e. The molecule has 3 aromatic rings. The first-order valence-corrected chi connectivity index (χ1v) is 11.3. The van der Waals surface area contributed by atoms with Gasteiger partial charge in [-0.2, -0.15) is 13.2 Å². The number of aliphatic hydroxyl groups is 1. The summed E-state index contributed by atoms with van der Waals surface area (Å²) in [5.41, 5.74) is -5.13. The summed E-state index contributed by atoms with van der Waals surface area (Å²) in [6.45, 7) is -0.768. The van der Waals surface area contributed by atoms with Gasteiger partial charge in [0.2, 0.25) is 0 Å². The third-order valence-corrected chi connectivity index (χ3v) is 7.55. The first-order valence-electron chi connectivity index (χ1n) is 11.3. The molecule has 0 radical (unpaired) electrons. The van der Waals surface area contributed by atoms with Crippen molar-refractivity contribution in [2.75, 3.05) is 6.61 Å². The third kappa shape index (κ3) is 3.94. The van der Waals surface area contributed by atoms with Gasteiger partial charge < -0.3 is 9.84 Å². The Hall–Kier alpha value is -3.22. The number of nitrogens with zero attached hydrogens (tertiary/aromatic N) is 4. The van der Waals surface area contributed by atoms with Crippen LogP contribution in [0.3, 0.4) is 0 Å². The minimum atomic E-state index is -4.50. The van der Waals surface area contributed by atoms with Gasteiger partial charge in [-0.05, 0) is 71.4 Å². The molecule has 6 rings (SSSR count). The van der Waals surface area contributed by atoms with Crippen LogP contribution in [0.15, 0.2) is 42.7 Å². The Bertz CT molecular complexity index is 1310. The Morgan fingerprint density at radius 2 is 1.73 bits per heavy atom. The van der Waals surface area contributed by atoms with Crippen molar-refractivity contribution in [1.29, 1.82) is 0 Å². The summed E-state index contributed by atoms with van der Waals surface area (Å²) in [5, 5.41) is 21.7. The van der Waals surface area contributed by atoms with Crippen molar-refractivity contribution in [1.82, 2.24) is 20.2 Å². The molecule has 3 fully saturated rings. The van der Waals surface area contributed by atoms with E-state index >= 15 is 8.78 Å². The molecule has 3 aliphatic rings. The highest BCUT2D eigenvalue weighted by atomic mass is 19.4. The van der Waals surface area contributed by atoms with Crippen molar-refractivity contribution < 1.29 is 40.6 Å². The molecule has 1 N–H and O–H groups in total. The first-order chi connectivity index (χ1) is 17.2. The molecule has 0 spiro atoms. The van der Waals surface area contributed by atoms with Crippen molar-refractivity contribution in [2.45, 2.75) is 55.8 Å². The van der Waals surface area contributed by atoms with E-state index in [9.17, 15) is 27.1 Å². The van der Waals surface area contributed by atoms with Crippen LogP contribution in [-0.2, 0) is 17.6 Å². The number of hydrogen-bond acceptors (Lipinski definition) is 5. The molecule has 1 atom stereocenters. The van der Waals surface area contributed by atoms with Crippen LogP contribution in [0.2, 0.25) is 0 Å². The number of aromatic nitrogens is 4. The molecule has 0 unspecified atom stereocenters. The molecule has 2 aromatic carbocycles. The smallest absolute Gasteiger partial charge is 0.422 e. The summed E-state index contributed by atoms with van der Waals surface area (Å²) in [6, 6.07) is 6.53. The lowest BCUT2D eigenvalue weighted by molar-refractivity contribution is -0.347. The molecule has 3 aliphatic carbocycles. The fraction of sp³-hybridized carbons (Fsp3) is 0.458. The van der Waals surface area contributed by atoms with Gasteiger partial charge in [0, 0.05) is 17.0 Å². The number of rotatable bonds is 8. The summed E-state index contributed by atoms with van der Waals surface area (Å²) in [5.74, 6) is -6.16. The van der Waals surface area contributed by atoms with Crippen LogP contribution >= 0.6 is 0 Å². The van der Waals surface area contributed by atoms with E-state index in [2.05, 4.69) is 15.5 Å². The third-order valence-electron chi connectivity index (χ3n) is 7.55. The number of hydrogen-bond donors (Lipinski definition) is 1. The first kappa shape index (κ1) is 25.4. The summed E-state index contributed by atoms with van der Waals surface area (Å²) < 4.78 is 104. The molecule has 1 aromatic heterocycles. The Morgan fingerprint density at radius 1 is 1.03 bits per heavy atom. The summed E-state index contributed by atoms with van der Waals surface area (Å²) >= 11 is 0. The summed E-state index contributed by atoms with van der Waals surface area (Å²) in [6.07, 6.45) is -3.64. The van der Waals surface area contributed by atoms with E-state index in [1.54, 1.807) is 19.1 Å². The quantitative estimate of drug-likeness (QED) is 0.422. The van der Waals surface area contributed by atoms with Crippen LogP contribution in [0.25, 0.3) is 0 Å². The maximum Gasteiger partial charge on any atom is 0.422 e. The Labute approximate surface area is 206 Å². The number of halogens is 7. The van der Waals surface area contributed by atoms with Crippen LogP contribution in [0.5, 0.6) is 5.75 Å². The molecule has 13 heteroatoms. The monoisotopic (exact) mass is 530 g/mol. The van der Waals surface area contributed by atoms with E-state index < -0.39 is 58.9 Å². The average Bonchev–Trinajstić information content (AvgIpc) is 3.23. The van der Waals surface area contributed by atoms with Crippen LogP contribution in [0, 0.1) is 24.0 Å². The zero-order valence-corrected chi connectivity index (χ0v) is 19.4. The van der Waals surface area contributed by atoms with Gasteiger partial charge in [0.15, 0.2) is 12.2 Å². The van der Waals surface area contributed by atoms with Gasteiger partial charge in [-0.1, -0.05) is 12.1 Å². The van der Waals surface area contributed by atoms with E-state index in [1.165, 1.54) is 6.07 Å². The van der Waals surface area contributed by atoms with Crippen LogP contribution in [0.4, 0.5) is 30.7 Å². The molecule has 37 heavy (non-hydrogen) atoms. The van der Waals surface area contributed by atoms with E-state index in [-0.39, 0.29) is 25.0 Å². The van der Waals surface area contributed by atoms with Crippen LogP contribution < -0.4 is 4.74 Å². The van der Waals surface area contributed by atoms with Gasteiger partial charge in [0.25, 0.3) is 5.92 Å². The van der Waals surface area contributed by atoms with E-state index in [4.69, 9.17) is 4.74 Å². The molecule has 6 nitrogen and oxygen atoms in total. The summed E-state index contributed by atoms with van der Waals surface area (Å²) in [4.78, 5) is 0. The van der Waals surface area contributed by atoms with Crippen molar-refractivity contribution in [3.8, 4) is 5.75 Å². The number of aryl methyl sites for hydroxylation is 1. The zero-order chi connectivity index (χ0) is 26.9. The highest BCUT2D eigenvalue weighted by molar-refractivity contribution is 5.47. The molecule has 0 saturated heterocycles. The van der Waals surface area contributed by atoms with Gasteiger partial charge in [-0.25, -0.2) is 22.2 Å². The molecule has 3 saturated carbocycles. The lowest BCUT2D eigenvalue weighted by Crippen LogP contribution is -2.76. The molecule has 1 heterocycles. The Kier molecular flexibility index (Phi) is 5.59. The number of tetrazole rings is 1. The minimum absolute atomic E-state index is 0.0373. The maximum absolute atomic E-state index is 16.2. The van der Waals surface area contributed by atoms with Crippen LogP contribution in [-0.4, -0.2) is 44.0 Å². The highest BCUT2D eigenvalue weighted by Crippen LogP contribution is 2.80. The molecular weight excluding hydrogens is 509 g/mol. The van der Waals surface area contributed by atoms with E-state index in [1.807, 2.05) is 0 Å². The standard InChI is InChI=1S/C24H21F7N4O2/c1-14-6-15(2-5-19(14)37-12-23(27,28)29)20-8-21(9-20,10-20)24(30,31)22(36,11-35-13-32-33-34-35)17-4-3-16(25)7-18(17)26/h2-7,13,36H,8-12H2,1H3/t20?,21?,22-/m1/s1. The van der Waals surface area contributed by atoms with Crippen molar-refractivity contribution >= 4 is 0 Å². The molecule has 0 aliphatic heterocycles. The fourth-order valence-corrected chi connectivity index (χ4v) is 5.83. The Balaban J connectivity index is 1.41. The van der Waals surface area contributed by atoms with E-state index in [0.717, 1.165) is 23.1 Å². The number of ether oxygens (including phenoxy) is 1. The lowest BCUT2D eigenvalue weighted by atomic mass is 9.30. The zero-order valence-electron chi connectivity index (χ0n) is 19.4. The van der Waals surface area contributed by atoms with Crippen molar-refractivity contribution in [2.24, 2.45) is 5.41 Å². The topological polar surface area (TPSA) is 73.1 Å². The summed E-state index contributed by atoms with van der Waals surface area (Å²) in [7, 11) is 0. The SMILES string of the molecule is Cc1cc(C23CC(C(F)(F)[C@@](O)(Cn4cnnn4)c4ccc(F)cc4F)(C2)C3)ccc1OCC(F)(F)F. The Morgan fingerprint density at radius 3 is 2.30 bits per heavy atom. The van der Waals surface area contributed by atoms with Gasteiger partial charge in [0.05, 0.1) is 6.54 Å². The van der Waals surface area contributed by atoms with Gasteiger partial charge in [-0.3, -0.25) is 0 Å². The fourth-order valence-electron chi connectivity index (χ4n) is 5.83. The number of benzene rings is 2. The number of alkyl halides is 5. The average molecular weight is 530 g/mol. The van der Waals surface area contributed by atoms with Crippen molar-refractivity contribution in [3.05, 3.63) is 71.1 Å². The van der Waals surface area contributed by atoms with Gasteiger partial charge >= 0.3 is 6.18 Å². The second kappa shape index (κ2) is 8.14. The van der Waals surface area contributed by atoms with Gasteiger partial charge in [-0.15, -0.1) is 5.10 Å². The second-order valence-electron chi connectivity index (χ2n) is 10.0. The normalized spacial score (nSPS) is 24.7. The highest BCUT2D eigenvalue weighted by Gasteiger charge is 2.82. The predicted molar refractivity (Wildman–Crippen MR) is 114 cm³/mol. The second-order valence-corrected chi connectivity index (χ2v) is 10.0. The maximum atomic E-state index is 16.2. The van der Waals surface area contributed by atoms with E-state index in [0.29, 0.717) is 17.2 Å².